The van der Waals surface area contributed by atoms with Gasteiger partial charge in [0.1, 0.15) is 24.2 Å². The molecule has 164 valence electrons. The summed E-state index contributed by atoms with van der Waals surface area (Å²) >= 11 is 0. The van der Waals surface area contributed by atoms with E-state index in [0.29, 0.717) is 18.5 Å². The molecular formula is C20H19F4N5O2. The van der Waals surface area contributed by atoms with E-state index < -0.39 is 17.8 Å². The van der Waals surface area contributed by atoms with Crippen LogP contribution in [-0.4, -0.2) is 42.6 Å². The Labute approximate surface area is 175 Å². The molecule has 1 heterocycles. The minimum absolute atomic E-state index is 0.130. The summed E-state index contributed by atoms with van der Waals surface area (Å²) in [6.07, 6.45) is -5.08. The molecule has 0 spiro atoms. The van der Waals surface area contributed by atoms with E-state index in [1.807, 2.05) is 0 Å². The lowest BCUT2D eigenvalue weighted by Gasteiger charge is -2.14. The van der Waals surface area contributed by atoms with Gasteiger partial charge >= 0.3 is 6.18 Å². The molecule has 1 aliphatic heterocycles. The predicted molar refractivity (Wildman–Crippen MR) is 103 cm³/mol. The summed E-state index contributed by atoms with van der Waals surface area (Å²) in [7, 11) is 1.52. The van der Waals surface area contributed by atoms with Gasteiger partial charge in [-0.1, -0.05) is 17.4 Å². The number of aldehydes is 1. The van der Waals surface area contributed by atoms with Crippen molar-refractivity contribution in [3.05, 3.63) is 65.0 Å². The number of anilines is 1. The van der Waals surface area contributed by atoms with Crippen molar-refractivity contribution in [3.63, 3.8) is 0 Å². The molecule has 0 fully saturated rings. The molecule has 0 saturated carbocycles. The topological polar surface area (TPSA) is 101 Å². The zero-order valence-electron chi connectivity index (χ0n) is 16.3. The normalized spacial score (nSPS) is 16.2. The van der Waals surface area contributed by atoms with E-state index in [1.54, 1.807) is 12.1 Å². The highest BCUT2D eigenvalue weighted by Gasteiger charge is 2.33. The molecule has 2 atom stereocenters. The van der Waals surface area contributed by atoms with Gasteiger partial charge in [0.05, 0.1) is 30.3 Å². The Morgan fingerprint density at radius 1 is 1.32 bits per heavy atom. The van der Waals surface area contributed by atoms with Crippen molar-refractivity contribution in [2.24, 2.45) is 10.3 Å². The molecule has 7 nitrogen and oxygen atoms in total. The fourth-order valence-electron chi connectivity index (χ4n) is 2.67. The van der Waals surface area contributed by atoms with Crippen molar-refractivity contribution in [2.75, 3.05) is 25.5 Å². The summed E-state index contributed by atoms with van der Waals surface area (Å²) in [6.45, 7) is 0.612. The third-order valence-electron chi connectivity index (χ3n) is 4.24. The molecule has 0 radical (unpaired) electrons. The first-order chi connectivity index (χ1) is 14.7. The van der Waals surface area contributed by atoms with Crippen LogP contribution in [0, 0.1) is 17.1 Å². The van der Waals surface area contributed by atoms with Crippen molar-refractivity contribution >= 4 is 12.0 Å². The fraction of sp³-hybridized carbons (Fsp3) is 0.300. The molecule has 31 heavy (non-hydrogen) atoms. The Hall–Kier alpha value is -3.52. The van der Waals surface area contributed by atoms with Crippen LogP contribution in [0.25, 0.3) is 0 Å². The Morgan fingerprint density at radius 3 is 2.55 bits per heavy atom. The summed E-state index contributed by atoms with van der Waals surface area (Å²) in [4.78, 5) is 10.3. The quantitative estimate of drug-likeness (QED) is 0.548. The molecule has 2 unspecified atom stereocenters. The number of alkyl halides is 3. The van der Waals surface area contributed by atoms with Gasteiger partial charge < -0.3 is 15.2 Å². The first kappa shape index (κ1) is 23.8. The number of hydrogen-bond acceptors (Lipinski definition) is 7. The first-order valence-corrected chi connectivity index (χ1v) is 9.01. The minimum Gasteiger partial charge on any atom is -0.388 e. The van der Waals surface area contributed by atoms with E-state index >= 15 is 0 Å². The van der Waals surface area contributed by atoms with Crippen LogP contribution in [0.15, 0.2) is 52.8 Å². The molecule has 0 aromatic heterocycles. The van der Waals surface area contributed by atoms with Crippen LogP contribution in [0.5, 0.6) is 0 Å². The molecule has 0 aliphatic carbocycles. The molecule has 2 aromatic rings. The fourth-order valence-corrected chi connectivity index (χ4v) is 2.67. The lowest BCUT2D eigenvalue weighted by atomic mass is 10.1. The number of benzene rings is 2. The van der Waals surface area contributed by atoms with E-state index in [-0.39, 0.29) is 24.0 Å². The highest BCUT2D eigenvalue weighted by Crippen LogP contribution is 2.33. The molecular weight excluding hydrogens is 418 g/mol. The zero-order chi connectivity index (χ0) is 23.0. The van der Waals surface area contributed by atoms with Crippen LogP contribution in [0.1, 0.15) is 22.7 Å². The maximum absolute atomic E-state index is 12.7. The second-order valence-corrected chi connectivity index (χ2v) is 6.47. The summed E-state index contributed by atoms with van der Waals surface area (Å²) in [6, 6.07) is 10.9. The van der Waals surface area contributed by atoms with Gasteiger partial charge in [-0.3, -0.25) is 5.01 Å². The van der Waals surface area contributed by atoms with E-state index in [0.717, 1.165) is 17.7 Å². The summed E-state index contributed by atoms with van der Waals surface area (Å²) < 4.78 is 49.9. The number of aliphatic hydroxyl groups excluding tert-OH is 1. The van der Waals surface area contributed by atoms with Gasteiger partial charge in [-0.05, 0) is 35.9 Å². The number of nitrogens with zero attached hydrogens (tertiary/aromatic N) is 4. The van der Waals surface area contributed by atoms with E-state index in [1.165, 1.54) is 36.3 Å². The number of aliphatic hydroxyl groups is 1. The van der Waals surface area contributed by atoms with Crippen molar-refractivity contribution in [1.29, 1.82) is 5.26 Å². The van der Waals surface area contributed by atoms with Crippen molar-refractivity contribution in [2.45, 2.75) is 18.3 Å². The lowest BCUT2D eigenvalue weighted by Crippen LogP contribution is -2.28. The van der Waals surface area contributed by atoms with Gasteiger partial charge in [0, 0.05) is 12.7 Å². The van der Waals surface area contributed by atoms with Gasteiger partial charge in [0.25, 0.3) is 0 Å². The standard InChI is InChI=1S/C11H12FN3O2.C9H7F3N2/c12-9-3-1-8(2-4-9)11-6-15(14-13-11)5-10(17)7-16;1-14-7-3-2-6(5-13)8(4-7)9(10,11)12/h1-4,7,10-11,17H,5-6H2;2-4,14H,1H3. The maximum Gasteiger partial charge on any atom is 0.417 e. The number of hydrogen-bond donors (Lipinski definition) is 2. The van der Waals surface area contributed by atoms with Crippen LogP contribution in [0.2, 0.25) is 0 Å². The highest BCUT2D eigenvalue weighted by atomic mass is 19.4. The number of nitrogens with one attached hydrogen (secondary N) is 1. The van der Waals surface area contributed by atoms with Crippen LogP contribution in [-0.2, 0) is 11.0 Å². The monoisotopic (exact) mass is 437 g/mol. The second-order valence-electron chi connectivity index (χ2n) is 6.47. The SMILES string of the molecule is CNc1ccc(C#N)c(C(F)(F)F)c1.O=CC(O)CN1CC(c2ccc(F)cc2)N=N1. The van der Waals surface area contributed by atoms with E-state index in [4.69, 9.17) is 10.4 Å². The Kier molecular flexibility index (Phi) is 8.04. The van der Waals surface area contributed by atoms with Crippen LogP contribution >= 0.6 is 0 Å². The molecule has 2 N–H and O–H groups in total. The smallest absolute Gasteiger partial charge is 0.388 e. The number of carbonyl (C=O) groups excluding carboxylic acids is 1. The first-order valence-electron chi connectivity index (χ1n) is 9.01. The van der Waals surface area contributed by atoms with Crippen LogP contribution in [0.3, 0.4) is 0 Å². The van der Waals surface area contributed by atoms with Crippen LogP contribution in [0.4, 0.5) is 23.2 Å². The van der Waals surface area contributed by atoms with Gasteiger partial charge in [-0.15, -0.1) is 0 Å². The van der Waals surface area contributed by atoms with Gasteiger partial charge in [-0.2, -0.15) is 23.5 Å². The highest BCUT2D eigenvalue weighted by molar-refractivity contribution is 5.55. The Bertz CT molecular complexity index is 958. The Balaban J connectivity index is 0.000000225. The minimum atomic E-state index is -4.49. The Morgan fingerprint density at radius 2 is 2.00 bits per heavy atom. The summed E-state index contributed by atoms with van der Waals surface area (Å²) in [5.41, 5.74) is -0.0853. The molecule has 0 bridgehead atoms. The van der Waals surface area contributed by atoms with E-state index in [9.17, 15) is 22.4 Å². The van der Waals surface area contributed by atoms with Crippen molar-refractivity contribution < 1.29 is 27.5 Å². The molecule has 3 rings (SSSR count). The molecule has 1 aliphatic rings. The number of nitriles is 1. The largest absolute Gasteiger partial charge is 0.417 e. The summed E-state index contributed by atoms with van der Waals surface area (Å²) in [5, 5.41) is 29.6. The zero-order valence-corrected chi connectivity index (χ0v) is 16.3. The summed E-state index contributed by atoms with van der Waals surface area (Å²) in [5.74, 6) is -0.295. The van der Waals surface area contributed by atoms with E-state index in [2.05, 4.69) is 15.7 Å². The molecule has 11 heteroatoms. The number of rotatable bonds is 5. The maximum atomic E-state index is 12.7. The average Bonchev–Trinajstić information content (AvgIpc) is 3.21. The molecule has 0 amide bonds. The number of halogens is 4. The number of β-amino-alcohol motifs (C(OH)–C–C–N with tert-alkyl or cyclic N) is 1. The third kappa shape index (κ3) is 6.75. The average molecular weight is 437 g/mol. The van der Waals surface area contributed by atoms with Crippen molar-refractivity contribution in [3.8, 4) is 6.07 Å². The van der Waals surface area contributed by atoms with Gasteiger partial charge in [-0.25, -0.2) is 4.39 Å². The molecule has 2 aromatic carbocycles. The predicted octanol–water partition coefficient (Wildman–Crippen LogP) is 3.73. The molecule has 0 saturated heterocycles. The second kappa shape index (κ2) is 10.5. The third-order valence-corrected chi connectivity index (χ3v) is 4.24. The van der Waals surface area contributed by atoms with Crippen LogP contribution < -0.4 is 5.32 Å². The number of carbonyl (C=O) groups is 1. The van der Waals surface area contributed by atoms with Gasteiger partial charge in [0.15, 0.2) is 0 Å². The lowest BCUT2D eigenvalue weighted by molar-refractivity contribution is -0.137. The van der Waals surface area contributed by atoms with Crippen molar-refractivity contribution in [1.82, 2.24) is 5.01 Å². The van der Waals surface area contributed by atoms with Gasteiger partial charge in [0.2, 0.25) is 0 Å².